The molecule has 1 aromatic rings. The number of anilines is 1. The number of nitriles is 1. The van der Waals surface area contributed by atoms with Crippen LogP contribution in [0.4, 0.5) is 5.69 Å². The molecule has 114 valence electrons. The van der Waals surface area contributed by atoms with E-state index in [1.165, 1.54) is 23.2 Å². The topological polar surface area (TPSA) is 109 Å². The zero-order valence-corrected chi connectivity index (χ0v) is 18.0. The molecule has 0 amide bonds. The third-order valence-corrected chi connectivity index (χ3v) is 2.94. The first-order chi connectivity index (χ1) is 10.5. The smallest absolute Gasteiger partial charge is 0.691 e. The van der Waals surface area contributed by atoms with E-state index in [0.717, 1.165) is 0 Å². The van der Waals surface area contributed by atoms with E-state index in [0.29, 0.717) is 28.3 Å². The van der Waals surface area contributed by atoms with Crippen LogP contribution in [0.1, 0.15) is 5.56 Å². The van der Waals surface area contributed by atoms with Crippen LogP contribution in [0.3, 0.4) is 0 Å². The number of aliphatic carboxylic acids is 1. The van der Waals surface area contributed by atoms with E-state index in [4.69, 9.17) is 5.26 Å². The molecule has 0 fully saturated rings. The molecule has 0 aliphatic rings. The molecule has 0 atom stereocenters. The van der Waals surface area contributed by atoms with Gasteiger partial charge in [0.15, 0.2) is 0 Å². The Morgan fingerprint density at radius 2 is 1.92 bits per heavy atom. The third kappa shape index (κ3) is 8.00. The van der Waals surface area contributed by atoms with Crippen LogP contribution >= 0.6 is 12.0 Å². The van der Waals surface area contributed by atoms with E-state index >= 15 is 0 Å². The average Bonchev–Trinajstić information content (AvgIpc) is 2.52. The predicted molar refractivity (Wildman–Crippen MR) is 76.6 cm³/mol. The Kier molecular flexibility index (Phi) is 14.6. The van der Waals surface area contributed by atoms with Gasteiger partial charge >= 0.3 is 59.1 Å². The average molecular weight is 364 g/mol. The summed E-state index contributed by atoms with van der Waals surface area (Å²) in [6, 6.07) is 8.00. The summed E-state index contributed by atoms with van der Waals surface area (Å²) in [5.74, 6) is -1.54. The maximum absolute atomic E-state index is 10.7. The van der Waals surface area contributed by atoms with Gasteiger partial charge in [0.1, 0.15) is 11.1 Å². The van der Waals surface area contributed by atoms with Crippen LogP contribution in [0.25, 0.3) is 6.08 Å². The van der Waals surface area contributed by atoms with Gasteiger partial charge in [-0.05, 0) is 23.8 Å². The van der Waals surface area contributed by atoms with Crippen molar-refractivity contribution in [1.82, 2.24) is 0 Å². The van der Waals surface area contributed by atoms with Crippen molar-refractivity contribution < 1.29 is 83.6 Å². The van der Waals surface area contributed by atoms with Crippen LogP contribution in [0.5, 0.6) is 0 Å². The summed E-state index contributed by atoms with van der Waals surface area (Å²) in [6.45, 7) is 7.29. The molecule has 24 heavy (non-hydrogen) atoms. The van der Waals surface area contributed by atoms with Crippen molar-refractivity contribution in [3.63, 3.8) is 0 Å². The van der Waals surface area contributed by atoms with E-state index < -0.39 is 11.5 Å². The summed E-state index contributed by atoms with van der Waals surface area (Å²) in [6.07, 6.45) is 2.63. The number of nitrogens with zero attached hydrogens (tertiary/aromatic N) is 2. The second-order valence-corrected chi connectivity index (χ2v) is 4.49. The fourth-order valence-corrected chi connectivity index (χ4v) is 1.85. The van der Waals surface area contributed by atoms with Crippen LogP contribution in [0.2, 0.25) is 0 Å². The monoisotopic (exact) mass is 364 g/mol. The van der Waals surface area contributed by atoms with Crippen molar-refractivity contribution >= 4 is 29.8 Å². The van der Waals surface area contributed by atoms with Gasteiger partial charge in [-0.15, -0.1) is 0 Å². The second-order valence-electron chi connectivity index (χ2n) is 3.71. The van der Waals surface area contributed by atoms with Gasteiger partial charge in [-0.25, -0.2) is 0 Å². The zero-order valence-electron chi connectivity index (χ0n) is 13.2. The van der Waals surface area contributed by atoms with Crippen molar-refractivity contribution in [1.29, 1.82) is 5.26 Å². The molecular weight excluding hydrogens is 354 g/mol. The van der Waals surface area contributed by atoms with Crippen LogP contribution in [0, 0.1) is 11.3 Å². The first-order valence-electron chi connectivity index (χ1n) is 5.70. The fraction of sp³-hybridized carbons (Fsp3) is 0. The van der Waals surface area contributed by atoms with Gasteiger partial charge in [-0.3, -0.25) is 5.04 Å². The molecule has 0 saturated carbocycles. The van der Waals surface area contributed by atoms with E-state index in [1.54, 1.807) is 24.3 Å². The molecule has 0 bridgehead atoms. The molecule has 0 spiro atoms. The third-order valence-electron chi connectivity index (χ3n) is 2.43. The van der Waals surface area contributed by atoms with Crippen molar-refractivity contribution in [3.8, 4) is 6.07 Å². The molecule has 0 aromatic heterocycles. The Labute approximate surface area is 187 Å². The van der Waals surface area contributed by atoms with Gasteiger partial charge in [0.2, 0.25) is 0 Å². The summed E-state index contributed by atoms with van der Waals surface area (Å²) < 4.78 is 4.17. The largest absolute Gasteiger partial charge is 1.00 e. The van der Waals surface area contributed by atoms with Crippen molar-refractivity contribution in [2.75, 3.05) is 4.90 Å². The maximum Gasteiger partial charge on any atom is 1.00 e. The maximum atomic E-state index is 10.7. The number of carbonyl (C=O) groups excluding carboxylic acids is 1. The summed E-state index contributed by atoms with van der Waals surface area (Å²) in [4.78, 5) is 12.2. The molecule has 1 rings (SSSR count). The Bertz CT molecular complexity index is 644. The number of carboxylic acids is 1. The molecule has 0 heterocycles. The van der Waals surface area contributed by atoms with Gasteiger partial charge < -0.3 is 20.1 Å². The predicted octanol–water partition coefficient (Wildman–Crippen LogP) is -5.36. The van der Waals surface area contributed by atoms with E-state index in [1.807, 2.05) is 0 Å². The number of hydrogen-bond acceptors (Lipinski definition) is 8. The first kappa shape index (κ1) is 25.7. The fourth-order valence-electron chi connectivity index (χ4n) is 1.48. The van der Waals surface area contributed by atoms with Gasteiger partial charge in [0.05, 0.1) is 23.6 Å². The number of hydrogen-bond donors (Lipinski definition) is 0. The number of carbonyl (C=O) groups is 1. The molecule has 0 N–H and O–H groups in total. The molecule has 0 saturated heterocycles. The van der Waals surface area contributed by atoms with Gasteiger partial charge in [-0.1, -0.05) is 25.3 Å². The molecule has 0 unspecified atom stereocenters. The summed E-state index contributed by atoms with van der Waals surface area (Å²) in [5.41, 5.74) is 0.659. The Hall–Kier alpha value is -0.570. The van der Waals surface area contributed by atoms with Crippen molar-refractivity contribution in [3.05, 3.63) is 59.8 Å². The summed E-state index contributed by atoms with van der Waals surface area (Å²) in [5, 5.41) is 32.7. The number of benzene rings is 1. The molecule has 7 nitrogen and oxygen atoms in total. The van der Waals surface area contributed by atoms with Crippen LogP contribution in [-0.2, 0) is 14.2 Å². The molecular formula is C14H10N2Na2O5S. The van der Waals surface area contributed by atoms with E-state index in [-0.39, 0.29) is 59.1 Å². The van der Waals surface area contributed by atoms with Crippen LogP contribution in [0.15, 0.2) is 54.2 Å². The minimum Gasteiger partial charge on any atom is -0.691 e. The number of carboxylic acid groups (broad SMARTS) is 1. The molecule has 0 aliphatic carbocycles. The summed E-state index contributed by atoms with van der Waals surface area (Å²) in [7, 11) is 0. The summed E-state index contributed by atoms with van der Waals surface area (Å²) >= 11 is 0.611. The minimum absolute atomic E-state index is 0. The van der Waals surface area contributed by atoms with Crippen LogP contribution in [-0.4, -0.2) is 5.97 Å². The van der Waals surface area contributed by atoms with Crippen LogP contribution < -0.4 is 74.4 Å². The molecule has 1 aromatic carbocycles. The number of rotatable bonds is 8. The van der Waals surface area contributed by atoms with E-state index in [9.17, 15) is 15.2 Å². The van der Waals surface area contributed by atoms with Gasteiger partial charge in [0.25, 0.3) is 0 Å². The standard InChI is InChI=1S/C14H12N2O5S.2Na/c1-3-16(10(2)22-21-20-19)13-6-4-11(5-7-13)8-12(9-15)14(17)18;;/h3-8,19H,1-2H2,(H,17,18);;/q;2*+1/p-2. The normalized spacial score (nSPS) is 9.75. The molecule has 0 radical (unpaired) electrons. The second kappa shape index (κ2) is 13.7. The van der Waals surface area contributed by atoms with Crippen molar-refractivity contribution in [2.45, 2.75) is 0 Å². The Morgan fingerprint density at radius 1 is 1.33 bits per heavy atom. The van der Waals surface area contributed by atoms with E-state index in [2.05, 4.69) is 22.5 Å². The zero-order chi connectivity index (χ0) is 16.5. The Balaban J connectivity index is 0. The minimum atomic E-state index is -1.54. The molecule has 0 aliphatic heterocycles. The van der Waals surface area contributed by atoms with Gasteiger partial charge in [0, 0.05) is 11.9 Å². The Morgan fingerprint density at radius 3 is 2.33 bits per heavy atom. The quantitative estimate of drug-likeness (QED) is 0.112. The molecule has 10 heteroatoms. The SMILES string of the molecule is C=CN(C(=C)SOO[O-])c1ccc(C=C(C#N)C(=O)[O-])cc1.[Na+].[Na+]. The first-order valence-corrected chi connectivity index (χ1v) is 6.44. The van der Waals surface area contributed by atoms with Crippen molar-refractivity contribution in [2.24, 2.45) is 0 Å². The van der Waals surface area contributed by atoms with Gasteiger partial charge in [-0.2, -0.15) is 9.60 Å².